The van der Waals surface area contributed by atoms with E-state index >= 15 is 0 Å². The third-order valence-electron chi connectivity index (χ3n) is 5.18. The van der Waals surface area contributed by atoms with Crippen molar-refractivity contribution >= 4 is 17.6 Å². The van der Waals surface area contributed by atoms with E-state index in [2.05, 4.69) is 10.4 Å². The first-order chi connectivity index (χ1) is 14.1. The Morgan fingerprint density at radius 3 is 2.83 bits per heavy atom. The molecule has 1 N–H and O–H groups in total. The van der Waals surface area contributed by atoms with Gasteiger partial charge in [-0.05, 0) is 31.4 Å². The van der Waals surface area contributed by atoms with Gasteiger partial charge in [0.05, 0.1) is 30.0 Å². The molecular weight excluding hydrogens is 368 g/mol. The van der Waals surface area contributed by atoms with E-state index in [0.717, 1.165) is 24.1 Å². The van der Waals surface area contributed by atoms with Crippen molar-refractivity contribution in [2.24, 2.45) is 5.92 Å². The summed E-state index contributed by atoms with van der Waals surface area (Å²) in [5, 5.41) is 7.53. The highest BCUT2D eigenvalue weighted by atomic mass is 16.3. The molecule has 7 nitrogen and oxygen atoms in total. The topological polar surface area (TPSA) is 80.4 Å². The normalized spacial score (nSPS) is 16.6. The number of aryl methyl sites for hydroxylation is 1. The van der Waals surface area contributed by atoms with E-state index in [1.807, 2.05) is 43.3 Å². The number of anilines is 1. The summed E-state index contributed by atoms with van der Waals surface area (Å²) >= 11 is 0. The molecular formula is C22H24N4O3. The maximum atomic E-state index is 12.9. The lowest BCUT2D eigenvalue weighted by molar-refractivity contribution is -0.121. The van der Waals surface area contributed by atoms with E-state index < -0.39 is 0 Å². The first kappa shape index (κ1) is 19.0. The predicted molar refractivity (Wildman–Crippen MR) is 108 cm³/mol. The van der Waals surface area contributed by atoms with E-state index in [4.69, 9.17) is 4.42 Å². The summed E-state index contributed by atoms with van der Waals surface area (Å²) in [5.41, 5.74) is 2.47. The molecule has 0 saturated carbocycles. The average Bonchev–Trinajstić information content (AvgIpc) is 3.38. The van der Waals surface area contributed by atoms with Crippen molar-refractivity contribution in [2.45, 2.75) is 26.3 Å². The monoisotopic (exact) mass is 392 g/mol. The van der Waals surface area contributed by atoms with Crippen molar-refractivity contribution in [3.05, 3.63) is 71.8 Å². The molecule has 1 saturated heterocycles. The van der Waals surface area contributed by atoms with Crippen LogP contribution in [-0.2, 0) is 11.3 Å². The molecule has 7 heteroatoms. The lowest BCUT2D eigenvalue weighted by atomic mass is 9.96. The highest BCUT2D eigenvalue weighted by Crippen LogP contribution is 2.21. The van der Waals surface area contributed by atoms with Crippen LogP contribution in [0, 0.1) is 12.8 Å². The number of amides is 2. The molecule has 1 aliphatic heterocycles. The number of aromatic nitrogens is 2. The van der Waals surface area contributed by atoms with E-state index in [1.54, 1.807) is 15.6 Å². The number of carbonyl (C=O) groups is 2. The molecule has 1 atom stereocenters. The molecule has 0 aliphatic carbocycles. The molecule has 1 unspecified atom stereocenters. The molecule has 4 rings (SSSR count). The second-order valence-corrected chi connectivity index (χ2v) is 7.41. The molecule has 1 fully saturated rings. The molecule has 1 aliphatic rings. The average molecular weight is 392 g/mol. The SMILES string of the molecule is Cc1cc(NC(=O)C2CCCN(C(=O)c3ccoc3)C2)n(Cc2ccccc2)n1. The minimum absolute atomic E-state index is 0.0797. The Morgan fingerprint density at radius 2 is 2.07 bits per heavy atom. The number of rotatable bonds is 5. The van der Waals surface area contributed by atoms with Crippen LogP contribution in [0.25, 0.3) is 0 Å². The molecule has 29 heavy (non-hydrogen) atoms. The van der Waals surface area contributed by atoms with E-state index in [1.165, 1.54) is 12.5 Å². The molecule has 150 valence electrons. The molecule has 0 spiro atoms. The zero-order valence-electron chi connectivity index (χ0n) is 16.4. The fraction of sp³-hybridized carbons (Fsp3) is 0.318. The lowest BCUT2D eigenvalue weighted by Crippen LogP contribution is -2.43. The van der Waals surface area contributed by atoms with Crippen LogP contribution in [-0.4, -0.2) is 39.6 Å². The number of hydrogen-bond acceptors (Lipinski definition) is 4. The van der Waals surface area contributed by atoms with Gasteiger partial charge in [-0.3, -0.25) is 9.59 Å². The minimum atomic E-state index is -0.250. The Balaban J connectivity index is 1.43. The van der Waals surface area contributed by atoms with Crippen molar-refractivity contribution in [2.75, 3.05) is 18.4 Å². The third kappa shape index (κ3) is 4.39. The highest BCUT2D eigenvalue weighted by Gasteiger charge is 2.29. The van der Waals surface area contributed by atoms with Crippen LogP contribution in [0.15, 0.2) is 59.4 Å². The number of carbonyl (C=O) groups excluding carboxylic acids is 2. The van der Waals surface area contributed by atoms with Gasteiger partial charge in [0.1, 0.15) is 12.1 Å². The van der Waals surface area contributed by atoms with Gasteiger partial charge < -0.3 is 14.6 Å². The highest BCUT2D eigenvalue weighted by molar-refractivity contribution is 5.95. The van der Waals surface area contributed by atoms with Crippen molar-refractivity contribution < 1.29 is 14.0 Å². The summed E-state index contributed by atoms with van der Waals surface area (Å²) in [6.07, 6.45) is 4.48. The van der Waals surface area contributed by atoms with Crippen LogP contribution < -0.4 is 5.32 Å². The van der Waals surface area contributed by atoms with E-state index in [9.17, 15) is 9.59 Å². The molecule has 3 aromatic rings. The second-order valence-electron chi connectivity index (χ2n) is 7.41. The van der Waals surface area contributed by atoms with Crippen LogP contribution in [0.4, 0.5) is 5.82 Å². The van der Waals surface area contributed by atoms with E-state index in [0.29, 0.717) is 31.0 Å². The van der Waals surface area contributed by atoms with Crippen LogP contribution in [0.3, 0.4) is 0 Å². The largest absolute Gasteiger partial charge is 0.472 e. The number of piperidine rings is 1. The van der Waals surface area contributed by atoms with Crippen molar-refractivity contribution in [1.29, 1.82) is 0 Å². The Labute approximate surface area is 169 Å². The molecule has 2 amide bonds. The van der Waals surface area contributed by atoms with Gasteiger partial charge in [0, 0.05) is 19.2 Å². The molecule has 1 aromatic carbocycles. The Bertz CT molecular complexity index is 979. The Hall–Kier alpha value is -3.35. The fourth-order valence-electron chi connectivity index (χ4n) is 3.70. The Kier molecular flexibility index (Phi) is 5.46. The first-order valence-electron chi connectivity index (χ1n) is 9.81. The summed E-state index contributed by atoms with van der Waals surface area (Å²) in [4.78, 5) is 27.2. The fourth-order valence-corrected chi connectivity index (χ4v) is 3.70. The van der Waals surface area contributed by atoms with Gasteiger partial charge in [-0.15, -0.1) is 0 Å². The van der Waals surface area contributed by atoms with Crippen molar-refractivity contribution in [3.63, 3.8) is 0 Å². The summed E-state index contributed by atoms with van der Waals surface area (Å²) in [7, 11) is 0. The van der Waals surface area contributed by atoms with Gasteiger partial charge >= 0.3 is 0 Å². The van der Waals surface area contributed by atoms with Gasteiger partial charge in [0.15, 0.2) is 0 Å². The van der Waals surface area contributed by atoms with Crippen molar-refractivity contribution in [1.82, 2.24) is 14.7 Å². The molecule has 0 radical (unpaired) electrons. The number of benzene rings is 1. The number of nitrogens with one attached hydrogen (secondary N) is 1. The van der Waals surface area contributed by atoms with Crippen LogP contribution in [0.2, 0.25) is 0 Å². The number of likely N-dealkylation sites (tertiary alicyclic amines) is 1. The molecule has 0 bridgehead atoms. The molecule has 2 aromatic heterocycles. The van der Waals surface area contributed by atoms with E-state index in [-0.39, 0.29) is 17.7 Å². The zero-order chi connectivity index (χ0) is 20.2. The third-order valence-corrected chi connectivity index (χ3v) is 5.18. The second kappa shape index (κ2) is 8.34. The predicted octanol–water partition coefficient (Wildman–Crippen LogP) is 3.32. The zero-order valence-corrected chi connectivity index (χ0v) is 16.4. The quantitative estimate of drug-likeness (QED) is 0.722. The summed E-state index contributed by atoms with van der Waals surface area (Å²) in [6, 6.07) is 13.5. The maximum Gasteiger partial charge on any atom is 0.257 e. The lowest BCUT2D eigenvalue weighted by Gasteiger charge is -2.31. The van der Waals surface area contributed by atoms with Gasteiger partial charge in [-0.1, -0.05) is 30.3 Å². The summed E-state index contributed by atoms with van der Waals surface area (Å²) < 4.78 is 6.81. The Morgan fingerprint density at radius 1 is 1.24 bits per heavy atom. The number of furan rings is 1. The first-order valence-corrected chi connectivity index (χ1v) is 9.81. The molecule has 3 heterocycles. The minimum Gasteiger partial charge on any atom is -0.472 e. The van der Waals surface area contributed by atoms with Crippen molar-refractivity contribution in [3.8, 4) is 0 Å². The number of nitrogens with zero attached hydrogens (tertiary/aromatic N) is 3. The van der Waals surface area contributed by atoms with Gasteiger partial charge in [0.2, 0.25) is 5.91 Å². The van der Waals surface area contributed by atoms with Crippen LogP contribution >= 0.6 is 0 Å². The van der Waals surface area contributed by atoms with Gasteiger partial charge in [-0.25, -0.2) is 4.68 Å². The summed E-state index contributed by atoms with van der Waals surface area (Å²) in [5.74, 6) is 0.250. The van der Waals surface area contributed by atoms with Crippen LogP contribution in [0.5, 0.6) is 0 Å². The van der Waals surface area contributed by atoms with Crippen LogP contribution in [0.1, 0.15) is 34.5 Å². The maximum absolute atomic E-state index is 12.9. The number of hydrogen-bond donors (Lipinski definition) is 1. The van der Waals surface area contributed by atoms with Gasteiger partial charge in [0.25, 0.3) is 5.91 Å². The summed E-state index contributed by atoms with van der Waals surface area (Å²) in [6.45, 7) is 3.55. The standard InChI is InChI=1S/C22H24N4O3/c1-16-12-20(26(24-16)13-17-6-3-2-4-7-17)23-21(27)18-8-5-10-25(14-18)22(28)19-9-11-29-15-19/h2-4,6-7,9,11-12,15,18H,5,8,10,13-14H2,1H3,(H,23,27). The smallest absolute Gasteiger partial charge is 0.257 e. The van der Waals surface area contributed by atoms with Gasteiger partial charge in [-0.2, -0.15) is 5.10 Å².